The molecule has 0 amide bonds. The lowest BCUT2D eigenvalue weighted by Crippen LogP contribution is -1.95. The molecule has 9 nitrogen and oxygen atoms in total. The van der Waals surface area contributed by atoms with Gasteiger partial charge in [-0.05, 0) is 24.6 Å². The Morgan fingerprint density at radius 2 is 2.36 bits per heavy atom. The van der Waals surface area contributed by atoms with Crippen LogP contribution in [0.5, 0.6) is 0 Å². The Morgan fingerprint density at radius 1 is 1.55 bits per heavy atom. The number of hydrogen-bond acceptors (Lipinski definition) is 8. The molecule has 10 heteroatoms. The van der Waals surface area contributed by atoms with E-state index in [0.717, 1.165) is 22.4 Å². The number of pyridine rings is 1. The second-order valence-corrected chi connectivity index (χ2v) is 5.55. The number of rotatable bonds is 4. The largest absolute Gasteiger partial charge is 0.380 e. The predicted molar refractivity (Wildman–Crippen MR) is 85.2 cm³/mol. The van der Waals surface area contributed by atoms with Crippen molar-refractivity contribution in [3.8, 4) is 0 Å². The van der Waals surface area contributed by atoms with Crippen LogP contribution in [0.2, 0.25) is 0 Å². The minimum Gasteiger partial charge on any atom is -0.380 e. The first-order valence-electron chi connectivity index (χ1n) is 6.19. The molecule has 3 rings (SSSR count). The number of fused-ring (bicyclic) bond motifs is 1. The number of hydrogen-bond donors (Lipinski definition) is 3. The summed E-state index contributed by atoms with van der Waals surface area (Å²) in [5, 5.41) is 21.4. The number of hydrazone groups is 1. The SMILES string of the molecule is Cc1cc(N/N=C\c2ccc([N+](=O)[O-])s2)nc2c(N)n[nH]c12. The third kappa shape index (κ3) is 2.59. The van der Waals surface area contributed by atoms with Crippen LogP contribution >= 0.6 is 11.3 Å². The normalized spacial score (nSPS) is 11.3. The zero-order valence-corrected chi connectivity index (χ0v) is 12.2. The van der Waals surface area contributed by atoms with Crippen LogP contribution in [0.3, 0.4) is 0 Å². The Hall–Kier alpha value is -3.01. The van der Waals surface area contributed by atoms with Gasteiger partial charge in [0.25, 0.3) is 0 Å². The number of thiophene rings is 1. The topological polar surface area (TPSA) is 135 Å². The summed E-state index contributed by atoms with van der Waals surface area (Å²) in [6.07, 6.45) is 1.50. The standard InChI is InChI=1S/C12H11N7O2S/c1-6-4-8(15-11-10(6)17-18-12(11)13)16-14-5-7-2-3-9(22-7)19(20)21/h2-5H,1H3,(H,15,16)(H3,13,17,18)/b14-5-. The molecular weight excluding hydrogens is 306 g/mol. The zero-order valence-electron chi connectivity index (χ0n) is 11.4. The number of nitrogens with one attached hydrogen (secondary N) is 2. The number of anilines is 2. The van der Waals surface area contributed by atoms with Crippen LogP contribution in [-0.2, 0) is 0 Å². The highest BCUT2D eigenvalue weighted by molar-refractivity contribution is 7.16. The molecule has 0 unspecified atom stereocenters. The molecule has 0 bridgehead atoms. The van der Waals surface area contributed by atoms with E-state index in [1.165, 1.54) is 12.3 Å². The van der Waals surface area contributed by atoms with Crippen LogP contribution < -0.4 is 11.2 Å². The summed E-state index contributed by atoms with van der Waals surface area (Å²) in [5.74, 6) is 0.833. The average molecular weight is 317 g/mol. The molecule has 0 aromatic carbocycles. The van der Waals surface area contributed by atoms with Crippen LogP contribution in [0.25, 0.3) is 11.0 Å². The molecule has 0 aliphatic carbocycles. The van der Waals surface area contributed by atoms with Crippen LogP contribution in [-0.4, -0.2) is 26.3 Å². The molecule has 3 heterocycles. The lowest BCUT2D eigenvalue weighted by molar-refractivity contribution is -0.380. The molecule has 0 saturated carbocycles. The van der Waals surface area contributed by atoms with E-state index >= 15 is 0 Å². The first kappa shape index (κ1) is 13.9. The van der Waals surface area contributed by atoms with E-state index in [1.807, 2.05) is 6.92 Å². The molecule has 3 aromatic rings. The summed E-state index contributed by atoms with van der Waals surface area (Å²) in [6.45, 7) is 1.90. The number of nitro groups is 1. The minimum absolute atomic E-state index is 0.0722. The summed E-state index contributed by atoms with van der Waals surface area (Å²) in [4.78, 5) is 15.1. The van der Waals surface area contributed by atoms with Gasteiger partial charge in [0, 0.05) is 6.07 Å². The average Bonchev–Trinajstić information content (AvgIpc) is 3.07. The first-order chi connectivity index (χ1) is 10.5. The van der Waals surface area contributed by atoms with Crippen molar-refractivity contribution in [3.63, 3.8) is 0 Å². The summed E-state index contributed by atoms with van der Waals surface area (Å²) in [7, 11) is 0. The minimum atomic E-state index is -0.435. The van der Waals surface area contributed by atoms with Crippen molar-refractivity contribution in [3.05, 3.63) is 38.8 Å². The van der Waals surface area contributed by atoms with Gasteiger partial charge in [0.1, 0.15) is 11.3 Å². The highest BCUT2D eigenvalue weighted by Gasteiger charge is 2.09. The van der Waals surface area contributed by atoms with Crippen molar-refractivity contribution in [1.82, 2.24) is 15.2 Å². The second kappa shape index (κ2) is 5.41. The Bertz CT molecular complexity index is 883. The van der Waals surface area contributed by atoms with Crippen LogP contribution in [0.15, 0.2) is 23.3 Å². The Balaban J connectivity index is 1.79. The molecule has 22 heavy (non-hydrogen) atoms. The van der Waals surface area contributed by atoms with Gasteiger partial charge in [0.15, 0.2) is 5.82 Å². The summed E-state index contributed by atoms with van der Waals surface area (Å²) in [5.41, 5.74) is 10.8. The van der Waals surface area contributed by atoms with Gasteiger partial charge < -0.3 is 5.73 Å². The van der Waals surface area contributed by atoms with E-state index < -0.39 is 4.92 Å². The predicted octanol–water partition coefficient (Wildman–Crippen LogP) is 2.26. The van der Waals surface area contributed by atoms with Gasteiger partial charge in [-0.2, -0.15) is 10.2 Å². The molecular formula is C12H11N7O2S. The summed E-state index contributed by atoms with van der Waals surface area (Å²) >= 11 is 1.04. The van der Waals surface area contributed by atoms with Gasteiger partial charge in [-0.3, -0.25) is 20.6 Å². The number of aromatic amines is 1. The fourth-order valence-corrected chi connectivity index (χ4v) is 2.59. The summed E-state index contributed by atoms with van der Waals surface area (Å²) < 4.78 is 0. The van der Waals surface area contributed by atoms with Crippen LogP contribution in [0.4, 0.5) is 16.6 Å². The van der Waals surface area contributed by atoms with Crippen molar-refractivity contribution in [2.45, 2.75) is 6.92 Å². The van der Waals surface area contributed by atoms with Gasteiger partial charge in [-0.1, -0.05) is 11.3 Å². The number of aromatic nitrogens is 3. The molecule has 0 saturated heterocycles. The lowest BCUT2D eigenvalue weighted by atomic mass is 10.2. The maximum Gasteiger partial charge on any atom is 0.324 e. The molecule has 0 radical (unpaired) electrons. The quantitative estimate of drug-likeness (QED) is 0.383. The highest BCUT2D eigenvalue weighted by atomic mass is 32.1. The third-order valence-corrected chi connectivity index (χ3v) is 3.88. The van der Waals surface area contributed by atoms with Gasteiger partial charge in [-0.15, -0.1) is 0 Å². The first-order valence-corrected chi connectivity index (χ1v) is 7.01. The van der Waals surface area contributed by atoms with Crippen LogP contribution in [0.1, 0.15) is 10.4 Å². The number of nitrogens with zero attached hydrogens (tertiary/aromatic N) is 4. The molecule has 0 fully saturated rings. The third-order valence-electron chi connectivity index (χ3n) is 2.91. The lowest BCUT2D eigenvalue weighted by Gasteiger charge is -2.01. The van der Waals surface area contributed by atoms with E-state index in [0.29, 0.717) is 22.0 Å². The molecule has 0 aliphatic heterocycles. The van der Waals surface area contributed by atoms with E-state index in [9.17, 15) is 10.1 Å². The molecule has 3 aromatic heterocycles. The second-order valence-electron chi connectivity index (χ2n) is 4.46. The molecule has 0 atom stereocenters. The Labute approximate surface area is 128 Å². The fraction of sp³-hybridized carbons (Fsp3) is 0.0833. The van der Waals surface area contributed by atoms with E-state index in [4.69, 9.17) is 5.73 Å². The number of nitrogen functional groups attached to an aromatic ring is 1. The number of aryl methyl sites for hydroxylation is 1. The van der Waals surface area contributed by atoms with Crippen molar-refractivity contribution < 1.29 is 4.92 Å². The molecule has 0 spiro atoms. The summed E-state index contributed by atoms with van der Waals surface area (Å²) in [6, 6.07) is 4.87. The van der Waals surface area contributed by atoms with Crippen molar-refractivity contribution in [2.24, 2.45) is 5.10 Å². The molecule has 4 N–H and O–H groups in total. The number of nitrogens with two attached hydrogens (primary N) is 1. The Kier molecular flexibility index (Phi) is 3.43. The van der Waals surface area contributed by atoms with Crippen molar-refractivity contribution in [2.75, 3.05) is 11.2 Å². The van der Waals surface area contributed by atoms with E-state index in [-0.39, 0.29) is 5.00 Å². The van der Waals surface area contributed by atoms with Crippen LogP contribution in [0, 0.1) is 17.0 Å². The van der Waals surface area contributed by atoms with E-state index in [1.54, 1.807) is 12.1 Å². The maximum atomic E-state index is 10.6. The fourth-order valence-electron chi connectivity index (χ4n) is 1.90. The smallest absolute Gasteiger partial charge is 0.324 e. The number of H-pyrrole nitrogens is 1. The Morgan fingerprint density at radius 3 is 3.09 bits per heavy atom. The highest BCUT2D eigenvalue weighted by Crippen LogP contribution is 2.23. The molecule has 0 aliphatic rings. The van der Waals surface area contributed by atoms with Gasteiger partial charge in [0.05, 0.1) is 21.5 Å². The maximum absolute atomic E-state index is 10.6. The van der Waals surface area contributed by atoms with Gasteiger partial charge in [-0.25, -0.2) is 4.98 Å². The van der Waals surface area contributed by atoms with Crippen molar-refractivity contribution >= 4 is 45.2 Å². The van der Waals surface area contributed by atoms with E-state index in [2.05, 4.69) is 25.7 Å². The van der Waals surface area contributed by atoms with Crippen molar-refractivity contribution in [1.29, 1.82) is 0 Å². The monoisotopic (exact) mass is 317 g/mol. The zero-order chi connectivity index (χ0) is 15.7. The molecule has 112 valence electrons. The van der Waals surface area contributed by atoms with Gasteiger partial charge in [0.2, 0.25) is 0 Å². The van der Waals surface area contributed by atoms with Gasteiger partial charge >= 0.3 is 5.00 Å².